The summed E-state index contributed by atoms with van der Waals surface area (Å²) >= 11 is 0. The Morgan fingerprint density at radius 3 is 3.00 bits per heavy atom. The zero-order valence-electron chi connectivity index (χ0n) is 9.01. The van der Waals surface area contributed by atoms with Crippen LogP contribution in [0.2, 0.25) is 0 Å². The molecule has 0 aliphatic heterocycles. The van der Waals surface area contributed by atoms with Crippen LogP contribution in [0, 0.1) is 5.92 Å². The van der Waals surface area contributed by atoms with E-state index in [0.717, 1.165) is 19.4 Å². The summed E-state index contributed by atoms with van der Waals surface area (Å²) in [6.45, 7) is 5.21. The van der Waals surface area contributed by atoms with Crippen molar-refractivity contribution in [1.82, 2.24) is 10.2 Å². The van der Waals surface area contributed by atoms with Crippen LogP contribution in [0.4, 0.5) is 0 Å². The van der Waals surface area contributed by atoms with Gasteiger partial charge in [-0.2, -0.15) is 5.10 Å². The van der Waals surface area contributed by atoms with Crippen LogP contribution in [0.1, 0.15) is 43.1 Å². The molecule has 0 aromatic carbocycles. The molecule has 1 aromatic heterocycles. The summed E-state index contributed by atoms with van der Waals surface area (Å²) in [5.41, 5.74) is 9.83. The Hall–Kier alpha value is -0.830. The molecule has 1 aliphatic rings. The lowest BCUT2D eigenvalue weighted by Gasteiger charge is -2.28. The number of nitrogens with zero attached hydrogens (tertiary/aromatic N) is 1. The van der Waals surface area contributed by atoms with Gasteiger partial charge < -0.3 is 5.73 Å². The van der Waals surface area contributed by atoms with E-state index < -0.39 is 0 Å². The summed E-state index contributed by atoms with van der Waals surface area (Å²) in [4.78, 5) is 0. The summed E-state index contributed by atoms with van der Waals surface area (Å²) in [6, 6.07) is 0. The molecule has 0 radical (unpaired) electrons. The minimum atomic E-state index is 0.521. The van der Waals surface area contributed by atoms with Gasteiger partial charge in [0.1, 0.15) is 0 Å². The molecule has 0 amide bonds. The number of hydrogen-bond donors (Lipinski definition) is 2. The lowest BCUT2D eigenvalue weighted by molar-refractivity contribution is 0.405. The van der Waals surface area contributed by atoms with E-state index in [-0.39, 0.29) is 0 Å². The first kappa shape index (κ1) is 9.71. The van der Waals surface area contributed by atoms with E-state index in [1.807, 2.05) is 0 Å². The van der Waals surface area contributed by atoms with Crippen molar-refractivity contribution in [2.45, 2.75) is 39.0 Å². The summed E-state index contributed by atoms with van der Waals surface area (Å²) in [7, 11) is 0. The number of hydrogen-bond acceptors (Lipinski definition) is 2. The maximum absolute atomic E-state index is 5.85. The van der Waals surface area contributed by atoms with Gasteiger partial charge in [0, 0.05) is 17.2 Å². The van der Waals surface area contributed by atoms with Crippen molar-refractivity contribution >= 4 is 0 Å². The molecule has 0 bridgehead atoms. The number of aromatic nitrogens is 2. The van der Waals surface area contributed by atoms with Crippen molar-refractivity contribution in [3.63, 3.8) is 0 Å². The average molecular weight is 193 g/mol. The predicted molar refractivity (Wildman–Crippen MR) is 57.2 cm³/mol. The molecule has 0 fully saturated rings. The molecule has 14 heavy (non-hydrogen) atoms. The molecule has 3 N–H and O–H groups in total. The van der Waals surface area contributed by atoms with Crippen LogP contribution in [0.5, 0.6) is 0 Å². The molecule has 2 unspecified atom stereocenters. The molecule has 78 valence electrons. The molecular formula is C11H19N3. The first-order chi connectivity index (χ1) is 6.77. The van der Waals surface area contributed by atoms with E-state index in [1.54, 1.807) is 0 Å². The number of nitrogens with two attached hydrogens (primary N) is 1. The highest BCUT2D eigenvalue weighted by Crippen LogP contribution is 2.36. The normalized spacial score (nSPS) is 26.2. The number of nitrogens with one attached hydrogen (secondary N) is 1. The van der Waals surface area contributed by atoms with Crippen molar-refractivity contribution in [2.24, 2.45) is 11.7 Å². The van der Waals surface area contributed by atoms with Crippen LogP contribution in [0.25, 0.3) is 0 Å². The Labute approximate surface area is 85.1 Å². The van der Waals surface area contributed by atoms with Gasteiger partial charge in [0.25, 0.3) is 0 Å². The number of aromatic amines is 1. The highest BCUT2D eigenvalue weighted by Gasteiger charge is 2.29. The van der Waals surface area contributed by atoms with Gasteiger partial charge in [-0.15, -0.1) is 0 Å². The van der Waals surface area contributed by atoms with Gasteiger partial charge in [0.15, 0.2) is 0 Å². The fraction of sp³-hybridized carbons (Fsp3) is 0.727. The lowest BCUT2D eigenvalue weighted by Crippen LogP contribution is -2.25. The van der Waals surface area contributed by atoms with Gasteiger partial charge in [0.05, 0.1) is 5.69 Å². The zero-order valence-corrected chi connectivity index (χ0v) is 9.01. The van der Waals surface area contributed by atoms with Crippen LogP contribution < -0.4 is 5.73 Å². The Morgan fingerprint density at radius 1 is 1.57 bits per heavy atom. The Morgan fingerprint density at radius 2 is 2.36 bits per heavy atom. The van der Waals surface area contributed by atoms with E-state index in [0.29, 0.717) is 11.8 Å². The Balaban J connectivity index is 2.41. The van der Waals surface area contributed by atoms with Gasteiger partial charge in [-0.1, -0.05) is 13.8 Å². The third kappa shape index (κ3) is 1.36. The van der Waals surface area contributed by atoms with Crippen LogP contribution in [0.15, 0.2) is 0 Å². The fourth-order valence-corrected chi connectivity index (χ4v) is 2.54. The van der Waals surface area contributed by atoms with Gasteiger partial charge in [-0.3, -0.25) is 5.10 Å². The van der Waals surface area contributed by atoms with Gasteiger partial charge in [0.2, 0.25) is 0 Å². The standard InChI is InChI=1S/C11H19N3/c1-3-9-11-8(6-12)7(2)4-5-10(11)14-13-9/h7-8H,3-6,12H2,1-2H3,(H,13,14). The molecule has 3 nitrogen and oxygen atoms in total. The molecule has 0 saturated heterocycles. The van der Waals surface area contributed by atoms with Crippen molar-refractivity contribution in [3.8, 4) is 0 Å². The smallest absolute Gasteiger partial charge is 0.0657 e. The van der Waals surface area contributed by atoms with Crippen LogP contribution in [-0.2, 0) is 12.8 Å². The quantitative estimate of drug-likeness (QED) is 0.749. The minimum Gasteiger partial charge on any atom is -0.330 e. The van der Waals surface area contributed by atoms with Crippen molar-refractivity contribution in [3.05, 3.63) is 17.0 Å². The molecule has 0 spiro atoms. The summed E-state index contributed by atoms with van der Waals surface area (Å²) in [5.74, 6) is 1.22. The molecule has 3 heteroatoms. The molecule has 2 atom stereocenters. The maximum Gasteiger partial charge on any atom is 0.0657 e. The zero-order chi connectivity index (χ0) is 10.1. The maximum atomic E-state index is 5.85. The van der Waals surface area contributed by atoms with Crippen LogP contribution >= 0.6 is 0 Å². The fourth-order valence-electron chi connectivity index (χ4n) is 2.54. The number of rotatable bonds is 2. The minimum absolute atomic E-state index is 0.521. The van der Waals surface area contributed by atoms with Gasteiger partial charge in [-0.25, -0.2) is 0 Å². The topological polar surface area (TPSA) is 54.7 Å². The van der Waals surface area contributed by atoms with Crippen molar-refractivity contribution in [1.29, 1.82) is 0 Å². The van der Waals surface area contributed by atoms with Crippen LogP contribution in [0.3, 0.4) is 0 Å². The Kier molecular flexibility index (Phi) is 2.59. The Bertz CT molecular complexity index is 303. The third-order valence-electron chi connectivity index (χ3n) is 3.46. The van der Waals surface area contributed by atoms with E-state index in [4.69, 9.17) is 5.73 Å². The molecule has 1 heterocycles. The second kappa shape index (κ2) is 3.73. The van der Waals surface area contributed by atoms with E-state index >= 15 is 0 Å². The third-order valence-corrected chi connectivity index (χ3v) is 3.46. The molecule has 1 aromatic rings. The number of fused-ring (bicyclic) bond motifs is 1. The monoisotopic (exact) mass is 193 g/mol. The van der Waals surface area contributed by atoms with Crippen LogP contribution in [-0.4, -0.2) is 16.7 Å². The second-order valence-electron chi connectivity index (χ2n) is 4.27. The highest BCUT2D eigenvalue weighted by molar-refractivity contribution is 5.32. The first-order valence-electron chi connectivity index (χ1n) is 5.54. The predicted octanol–water partition coefficient (Wildman–Crippen LogP) is 1.60. The summed E-state index contributed by atoms with van der Waals surface area (Å²) < 4.78 is 0. The van der Waals surface area contributed by atoms with E-state index in [2.05, 4.69) is 24.0 Å². The number of H-pyrrole nitrogens is 1. The first-order valence-corrected chi connectivity index (χ1v) is 5.54. The summed E-state index contributed by atoms with van der Waals surface area (Å²) in [5, 5.41) is 7.52. The molecule has 2 rings (SSSR count). The summed E-state index contributed by atoms with van der Waals surface area (Å²) in [6.07, 6.45) is 3.38. The van der Waals surface area contributed by atoms with E-state index in [9.17, 15) is 0 Å². The largest absolute Gasteiger partial charge is 0.330 e. The second-order valence-corrected chi connectivity index (χ2v) is 4.27. The number of aryl methyl sites for hydroxylation is 2. The lowest BCUT2D eigenvalue weighted by atomic mass is 9.77. The van der Waals surface area contributed by atoms with E-state index in [1.165, 1.54) is 23.4 Å². The highest BCUT2D eigenvalue weighted by atomic mass is 15.1. The average Bonchev–Trinajstić information content (AvgIpc) is 2.61. The molecule has 1 aliphatic carbocycles. The SMILES string of the molecule is CCc1n[nH]c2c1C(CN)C(C)CC2. The van der Waals surface area contributed by atoms with Crippen molar-refractivity contribution < 1.29 is 0 Å². The molecular weight excluding hydrogens is 174 g/mol. The van der Waals surface area contributed by atoms with Gasteiger partial charge >= 0.3 is 0 Å². The molecule has 0 saturated carbocycles. The van der Waals surface area contributed by atoms with Crippen molar-refractivity contribution in [2.75, 3.05) is 6.54 Å². The van der Waals surface area contributed by atoms with Gasteiger partial charge in [-0.05, 0) is 31.7 Å².